The van der Waals surface area contributed by atoms with Gasteiger partial charge in [-0.2, -0.15) is 0 Å². The number of nitrogens with one attached hydrogen (secondary N) is 1. The molecular weight excluding hydrogens is 316 g/mol. The number of hydrogen-bond donors (Lipinski definition) is 2. The van der Waals surface area contributed by atoms with E-state index in [9.17, 15) is 9.90 Å². The molecule has 0 bridgehead atoms. The number of anilines is 1. The quantitative estimate of drug-likeness (QED) is 0.898. The average Bonchev–Trinajstić information content (AvgIpc) is 2.65. The van der Waals surface area contributed by atoms with Crippen molar-refractivity contribution in [3.8, 4) is 5.75 Å². The monoisotopic (exact) mass is 340 g/mol. The Morgan fingerprint density at radius 2 is 1.80 bits per heavy atom. The Labute approximate surface area is 148 Å². The largest absolute Gasteiger partial charge is 0.507 e. The standard InChI is InChI=1S/C20H24N2O3/c1-14-3-8-18(19(23)15(14)2)20(24)21-13-16-4-6-17(7-5-16)22-9-11-25-12-10-22/h3-8,23H,9-13H2,1-2H3,(H,21,24). The van der Waals surface area contributed by atoms with E-state index in [-0.39, 0.29) is 11.7 Å². The highest BCUT2D eigenvalue weighted by molar-refractivity contribution is 5.97. The molecule has 5 heteroatoms. The summed E-state index contributed by atoms with van der Waals surface area (Å²) in [7, 11) is 0. The topological polar surface area (TPSA) is 61.8 Å². The van der Waals surface area contributed by atoms with Gasteiger partial charge in [-0.05, 0) is 48.7 Å². The summed E-state index contributed by atoms with van der Waals surface area (Å²) in [5, 5.41) is 13.0. The molecule has 0 saturated carbocycles. The Morgan fingerprint density at radius 3 is 2.48 bits per heavy atom. The van der Waals surface area contributed by atoms with Crippen molar-refractivity contribution in [2.24, 2.45) is 0 Å². The lowest BCUT2D eigenvalue weighted by Crippen LogP contribution is -2.36. The molecule has 2 N–H and O–H groups in total. The first kappa shape index (κ1) is 17.3. The smallest absolute Gasteiger partial charge is 0.255 e. The van der Waals surface area contributed by atoms with E-state index in [1.54, 1.807) is 6.07 Å². The lowest BCUT2D eigenvalue weighted by Gasteiger charge is -2.28. The van der Waals surface area contributed by atoms with Crippen LogP contribution in [0.15, 0.2) is 36.4 Å². The van der Waals surface area contributed by atoms with Crippen LogP contribution in [-0.4, -0.2) is 37.3 Å². The van der Waals surface area contributed by atoms with Crippen molar-refractivity contribution in [1.29, 1.82) is 0 Å². The van der Waals surface area contributed by atoms with Crippen LogP contribution < -0.4 is 10.2 Å². The fourth-order valence-corrected chi connectivity index (χ4v) is 2.91. The first-order valence-corrected chi connectivity index (χ1v) is 8.55. The Hall–Kier alpha value is -2.53. The highest BCUT2D eigenvalue weighted by Crippen LogP contribution is 2.24. The van der Waals surface area contributed by atoms with Crippen molar-refractivity contribution in [3.63, 3.8) is 0 Å². The van der Waals surface area contributed by atoms with Crippen LogP contribution >= 0.6 is 0 Å². The van der Waals surface area contributed by atoms with Crippen molar-refractivity contribution in [2.75, 3.05) is 31.2 Å². The van der Waals surface area contributed by atoms with Gasteiger partial charge < -0.3 is 20.1 Å². The van der Waals surface area contributed by atoms with E-state index in [2.05, 4.69) is 22.3 Å². The van der Waals surface area contributed by atoms with Gasteiger partial charge in [0.15, 0.2) is 0 Å². The number of phenols is 1. The van der Waals surface area contributed by atoms with Gasteiger partial charge in [0.1, 0.15) is 5.75 Å². The molecule has 3 rings (SSSR count). The molecule has 1 aliphatic heterocycles. The Kier molecular flexibility index (Phi) is 5.24. The molecule has 2 aromatic rings. The van der Waals surface area contributed by atoms with Gasteiger partial charge in [-0.1, -0.05) is 18.2 Å². The summed E-state index contributed by atoms with van der Waals surface area (Å²) in [6.07, 6.45) is 0. The van der Waals surface area contributed by atoms with Crippen LogP contribution in [0, 0.1) is 13.8 Å². The minimum Gasteiger partial charge on any atom is -0.507 e. The van der Waals surface area contributed by atoms with Crippen molar-refractivity contribution < 1.29 is 14.6 Å². The Bertz CT molecular complexity index is 750. The number of rotatable bonds is 4. The number of carbonyl (C=O) groups excluding carboxylic acids is 1. The molecule has 0 spiro atoms. The van der Waals surface area contributed by atoms with E-state index in [0.29, 0.717) is 12.1 Å². The van der Waals surface area contributed by atoms with E-state index in [4.69, 9.17) is 4.74 Å². The number of hydrogen-bond acceptors (Lipinski definition) is 4. The lowest BCUT2D eigenvalue weighted by molar-refractivity contribution is 0.0948. The fourth-order valence-electron chi connectivity index (χ4n) is 2.91. The third-order valence-corrected chi connectivity index (χ3v) is 4.71. The summed E-state index contributed by atoms with van der Waals surface area (Å²) in [6.45, 7) is 7.48. The molecule has 25 heavy (non-hydrogen) atoms. The SMILES string of the molecule is Cc1ccc(C(=O)NCc2ccc(N3CCOCC3)cc2)c(O)c1C. The zero-order chi connectivity index (χ0) is 17.8. The maximum atomic E-state index is 12.3. The van der Waals surface area contributed by atoms with Gasteiger partial charge in [0.25, 0.3) is 5.91 Å². The molecule has 0 radical (unpaired) electrons. The Balaban J connectivity index is 1.61. The second kappa shape index (κ2) is 7.57. The van der Waals surface area contributed by atoms with Crippen molar-refractivity contribution in [1.82, 2.24) is 5.32 Å². The molecule has 1 fully saturated rings. The van der Waals surface area contributed by atoms with Gasteiger partial charge in [0.2, 0.25) is 0 Å². The minimum absolute atomic E-state index is 0.0557. The van der Waals surface area contributed by atoms with Gasteiger partial charge in [0, 0.05) is 25.3 Å². The van der Waals surface area contributed by atoms with Crippen LogP contribution in [0.2, 0.25) is 0 Å². The number of nitrogens with zero attached hydrogens (tertiary/aromatic N) is 1. The third-order valence-electron chi connectivity index (χ3n) is 4.71. The molecule has 132 valence electrons. The lowest BCUT2D eigenvalue weighted by atomic mass is 10.0. The number of phenolic OH excluding ortho intramolecular Hbond substituents is 1. The summed E-state index contributed by atoms with van der Waals surface area (Å²) in [5.41, 5.74) is 4.21. The predicted octanol–water partition coefficient (Wildman–Crippen LogP) is 2.78. The zero-order valence-corrected chi connectivity index (χ0v) is 14.7. The van der Waals surface area contributed by atoms with Gasteiger partial charge in [-0.15, -0.1) is 0 Å². The van der Waals surface area contributed by atoms with Crippen LogP contribution in [0.4, 0.5) is 5.69 Å². The van der Waals surface area contributed by atoms with E-state index in [0.717, 1.165) is 43.0 Å². The maximum absolute atomic E-state index is 12.3. The fraction of sp³-hybridized carbons (Fsp3) is 0.350. The van der Waals surface area contributed by atoms with Crippen molar-refractivity contribution in [3.05, 3.63) is 58.7 Å². The highest BCUT2D eigenvalue weighted by Gasteiger charge is 2.14. The zero-order valence-electron chi connectivity index (χ0n) is 14.7. The van der Waals surface area contributed by atoms with E-state index < -0.39 is 0 Å². The molecule has 2 aromatic carbocycles. The predicted molar refractivity (Wildman–Crippen MR) is 98.2 cm³/mol. The molecule has 1 heterocycles. The number of morpholine rings is 1. The normalized spacial score (nSPS) is 14.4. The molecule has 0 atom stereocenters. The van der Waals surface area contributed by atoms with Crippen molar-refractivity contribution in [2.45, 2.75) is 20.4 Å². The molecular formula is C20H24N2O3. The van der Waals surface area contributed by atoms with E-state index in [1.807, 2.05) is 32.0 Å². The summed E-state index contributed by atoms with van der Waals surface area (Å²) in [6, 6.07) is 11.7. The summed E-state index contributed by atoms with van der Waals surface area (Å²) < 4.78 is 5.37. The van der Waals surface area contributed by atoms with Gasteiger partial charge in [0.05, 0.1) is 18.8 Å². The maximum Gasteiger partial charge on any atom is 0.255 e. The number of amides is 1. The van der Waals surface area contributed by atoms with E-state index in [1.165, 1.54) is 5.69 Å². The third kappa shape index (κ3) is 3.94. The summed E-state index contributed by atoms with van der Waals surface area (Å²) >= 11 is 0. The molecule has 1 saturated heterocycles. The van der Waals surface area contributed by atoms with Gasteiger partial charge >= 0.3 is 0 Å². The second-order valence-electron chi connectivity index (χ2n) is 6.35. The van der Waals surface area contributed by atoms with Gasteiger partial charge in [-0.25, -0.2) is 0 Å². The first-order valence-electron chi connectivity index (χ1n) is 8.55. The number of aryl methyl sites for hydroxylation is 1. The van der Waals surface area contributed by atoms with Crippen LogP contribution in [0.1, 0.15) is 27.0 Å². The minimum atomic E-state index is -0.266. The van der Waals surface area contributed by atoms with Crippen molar-refractivity contribution >= 4 is 11.6 Å². The highest BCUT2D eigenvalue weighted by atomic mass is 16.5. The first-order chi connectivity index (χ1) is 12.1. The number of carbonyl (C=O) groups is 1. The summed E-state index contributed by atoms with van der Waals surface area (Å²) in [4.78, 5) is 14.6. The molecule has 1 aliphatic rings. The van der Waals surface area contributed by atoms with Gasteiger partial charge in [-0.3, -0.25) is 4.79 Å². The van der Waals surface area contributed by atoms with Crippen LogP contribution in [-0.2, 0) is 11.3 Å². The molecule has 0 unspecified atom stereocenters. The molecule has 0 aliphatic carbocycles. The number of ether oxygens (including phenoxy) is 1. The molecule has 0 aromatic heterocycles. The van der Waals surface area contributed by atoms with E-state index >= 15 is 0 Å². The number of benzene rings is 2. The Morgan fingerprint density at radius 1 is 1.12 bits per heavy atom. The average molecular weight is 340 g/mol. The second-order valence-corrected chi connectivity index (χ2v) is 6.35. The molecule has 1 amide bonds. The van der Waals surface area contributed by atoms with Crippen LogP contribution in [0.5, 0.6) is 5.75 Å². The van der Waals surface area contributed by atoms with Crippen LogP contribution in [0.3, 0.4) is 0 Å². The van der Waals surface area contributed by atoms with Crippen LogP contribution in [0.25, 0.3) is 0 Å². The number of aromatic hydroxyl groups is 1. The molecule has 5 nitrogen and oxygen atoms in total. The summed E-state index contributed by atoms with van der Waals surface area (Å²) in [5.74, 6) is -0.210.